The number of hydrazone groups is 1. The molecule has 5 atom stereocenters. The largest absolute Gasteiger partial charge is 0.479 e. The zero-order valence-electron chi connectivity index (χ0n) is 15.1. The number of nitrogens with zero attached hydrogens (tertiary/aromatic N) is 2. The Labute approximate surface area is 156 Å². The van der Waals surface area contributed by atoms with Crippen LogP contribution in [-0.4, -0.2) is 42.2 Å². The Hall–Kier alpha value is -2.96. The topological polar surface area (TPSA) is 85.3 Å². The highest BCUT2D eigenvalue weighted by Crippen LogP contribution is 2.52. The molecular weight excluding hydrogens is 348 g/mol. The predicted molar refractivity (Wildman–Crippen MR) is 95.7 cm³/mol. The van der Waals surface area contributed by atoms with E-state index in [1.807, 2.05) is 0 Å². The van der Waals surface area contributed by atoms with Crippen molar-refractivity contribution >= 4 is 24.0 Å². The Morgan fingerprint density at radius 1 is 1.15 bits per heavy atom. The number of rotatable bonds is 5. The summed E-state index contributed by atoms with van der Waals surface area (Å²) in [6.07, 6.45) is 5.78. The summed E-state index contributed by atoms with van der Waals surface area (Å²) in [5.74, 6) is -0.513. The first-order valence-electron chi connectivity index (χ1n) is 8.94. The van der Waals surface area contributed by atoms with Gasteiger partial charge in [0.05, 0.1) is 25.2 Å². The van der Waals surface area contributed by atoms with Gasteiger partial charge in [-0.1, -0.05) is 12.2 Å². The van der Waals surface area contributed by atoms with E-state index in [0.717, 1.165) is 11.4 Å². The lowest BCUT2D eigenvalue weighted by Crippen LogP contribution is -2.28. The first kappa shape index (κ1) is 17.5. The predicted octanol–water partition coefficient (Wildman–Crippen LogP) is 1.77. The van der Waals surface area contributed by atoms with Gasteiger partial charge in [0.15, 0.2) is 6.10 Å². The quantitative estimate of drug-likeness (QED) is 0.342. The highest BCUT2D eigenvalue weighted by molar-refractivity contribution is 6.06. The van der Waals surface area contributed by atoms with E-state index >= 15 is 0 Å². The molecule has 27 heavy (non-hydrogen) atoms. The fraction of sp³-hybridized carbons (Fsp3) is 0.400. The molecule has 3 aliphatic rings. The number of imide groups is 1. The van der Waals surface area contributed by atoms with Crippen LogP contribution < -0.4 is 4.74 Å². The second-order valence-corrected chi connectivity index (χ2v) is 7.09. The average Bonchev–Trinajstić information content (AvgIpc) is 3.35. The highest BCUT2D eigenvalue weighted by Gasteiger charge is 2.59. The highest BCUT2D eigenvalue weighted by atomic mass is 16.6. The fourth-order valence-electron chi connectivity index (χ4n) is 4.18. The van der Waals surface area contributed by atoms with Gasteiger partial charge in [0.2, 0.25) is 0 Å². The molecule has 1 saturated heterocycles. The molecule has 4 rings (SSSR count). The Balaban J connectivity index is 1.42. The van der Waals surface area contributed by atoms with E-state index in [4.69, 9.17) is 4.74 Å². The summed E-state index contributed by atoms with van der Waals surface area (Å²) in [6, 6.07) is 6.85. The van der Waals surface area contributed by atoms with Crippen molar-refractivity contribution in [1.82, 2.24) is 5.01 Å². The molecule has 0 unspecified atom stereocenters. The monoisotopic (exact) mass is 368 g/mol. The number of carbonyl (C=O) groups is 3. The molecule has 2 amide bonds. The van der Waals surface area contributed by atoms with E-state index in [9.17, 15) is 14.4 Å². The molecule has 1 aromatic carbocycles. The van der Waals surface area contributed by atoms with Gasteiger partial charge in [-0.3, -0.25) is 9.59 Å². The van der Waals surface area contributed by atoms with Crippen LogP contribution in [0.3, 0.4) is 0 Å². The molecule has 2 bridgehead atoms. The molecule has 1 aliphatic heterocycles. The Morgan fingerprint density at radius 2 is 1.74 bits per heavy atom. The van der Waals surface area contributed by atoms with Crippen molar-refractivity contribution in [1.29, 1.82) is 0 Å². The standard InChI is InChI=1S/C20H20N2O5/c1-11(20(25)26-2)27-15-7-3-12(4-8-15)10-21-22-18(23)16-13-5-6-14(9-13)17(16)19(22)24/h3-8,10-11,13-14,16-17H,9H2,1-2H3/t11-,13-,14-,16-,17+/m0/s1. The minimum absolute atomic E-state index is 0.171. The van der Waals surface area contributed by atoms with Gasteiger partial charge in [-0.05, 0) is 55.0 Å². The van der Waals surface area contributed by atoms with E-state index in [2.05, 4.69) is 22.0 Å². The minimum Gasteiger partial charge on any atom is -0.479 e. The molecule has 1 heterocycles. The lowest BCUT2D eigenvalue weighted by Gasteiger charge is -2.13. The Morgan fingerprint density at radius 3 is 2.30 bits per heavy atom. The molecule has 0 aromatic heterocycles. The molecule has 0 N–H and O–H groups in total. The summed E-state index contributed by atoms with van der Waals surface area (Å²) in [4.78, 5) is 36.5. The lowest BCUT2D eigenvalue weighted by molar-refractivity contribution is -0.148. The fourth-order valence-corrected chi connectivity index (χ4v) is 4.18. The van der Waals surface area contributed by atoms with Crippen molar-refractivity contribution in [2.45, 2.75) is 19.4 Å². The normalized spacial score (nSPS) is 29.5. The molecule has 7 heteroatoms. The van der Waals surface area contributed by atoms with Gasteiger partial charge < -0.3 is 9.47 Å². The molecule has 1 saturated carbocycles. The third-order valence-electron chi connectivity index (χ3n) is 5.50. The summed E-state index contributed by atoms with van der Waals surface area (Å²) in [6.45, 7) is 1.60. The third-order valence-corrected chi connectivity index (χ3v) is 5.50. The number of benzene rings is 1. The van der Waals surface area contributed by atoms with Crippen molar-refractivity contribution in [3.8, 4) is 5.75 Å². The van der Waals surface area contributed by atoms with E-state index in [1.165, 1.54) is 13.3 Å². The van der Waals surface area contributed by atoms with Gasteiger partial charge >= 0.3 is 5.97 Å². The van der Waals surface area contributed by atoms with Crippen LogP contribution in [0.1, 0.15) is 18.9 Å². The molecule has 2 fully saturated rings. The van der Waals surface area contributed by atoms with E-state index in [0.29, 0.717) is 11.3 Å². The SMILES string of the molecule is COC(=O)[C@H](C)Oc1ccc(C=NN2C(=O)[C@@H]3[C@H](C2=O)[C@H]2C=C[C@H]3C2)cc1. The van der Waals surface area contributed by atoms with Crippen LogP contribution in [0.4, 0.5) is 0 Å². The molecule has 0 radical (unpaired) electrons. The zero-order valence-corrected chi connectivity index (χ0v) is 15.1. The van der Waals surface area contributed by atoms with Crippen LogP contribution in [-0.2, 0) is 19.1 Å². The summed E-state index contributed by atoms with van der Waals surface area (Å²) in [7, 11) is 1.30. The first-order valence-corrected chi connectivity index (χ1v) is 8.94. The second kappa shape index (κ2) is 6.64. The molecule has 7 nitrogen and oxygen atoms in total. The van der Waals surface area contributed by atoms with Crippen LogP contribution >= 0.6 is 0 Å². The number of allylic oxidation sites excluding steroid dienone is 2. The second-order valence-electron chi connectivity index (χ2n) is 7.09. The van der Waals surface area contributed by atoms with Crippen molar-refractivity contribution in [3.05, 3.63) is 42.0 Å². The maximum atomic E-state index is 12.6. The number of hydrogen-bond acceptors (Lipinski definition) is 6. The summed E-state index contributed by atoms with van der Waals surface area (Å²) in [5.41, 5.74) is 0.715. The van der Waals surface area contributed by atoms with Crippen LogP contribution in [0, 0.1) is 23.7 Å². The van der Waals surface area contributed by atoms with Gasteiger partial charge in [0, 0.05) is 0 Å². The van der Waals surface area contributed by atoms with Crippen molar-refractivity contribution in [2.75, 3.05) is 7.11 Å². The first-order chi connectivity index (χ1) is 13.0. The Kier molecular flexibility index (Phi) is 4.30. The number of esters is 1. The Bertz CT molecular complexity index is 814. The van der Waals surface area contributed by atoms with Gasteiger partial charge in [-0.2, -0.15) is 10.1 Å². The van der Waals surface area contributed by atoms with Gasteiger partial charge in [-0.15, -0.1) is 0 Å². The maximum absolute atomic E-state index is 12.6. The number of carbonyl (C=O) groups excluding carboxylic acids is 3. The summed E-state index contributed by atoms with van der Waals surface area (Å²) in [5, 5.41) is 5.15. The van der Waals surface area contributed by atoms with Gasteiger partial charge in [-0.25, -0.2) is 4.79 Å². The smallest absolute Gasteiger partial charge is 0.346 e. The molecule has 0 spiro atoms. The number of methoxy groups -OCH3 is 1. The lowest BCUT2D eigenvalue weighted by atomic mass is 9.85. The molecule has 1 aromatic rings. The molecule has 2 aliphatic carbocycles. The summed E-state index contributed by atoms with van der Waals surface area (Å²) >= 11 is 0. The average molecular weight is 368 g/mol. The number of amides is 2. The number of fused-ring (bicyclic) bond motifs is 5. The van der Waals surface area contributed by atoms with Crippen molar-refractivity contribution < 1.29 is 23.9 Å². The number of hydrogen-bond donors (Lipinski definition) is 0. The van der Waals surface area contributed by atoms with E-state index in [-0.39, 0.29) is 35.5 Å². The van der Waals surface area contributed by atoms with E-state index in [1.54, 1.807) is 31.2 Å². The maximum Gasteiger partial charge on any atom is 0.346 e. The van der Waals surface area contributed by atoms with Gasteiger partial charge in [0.1, 0.15) is 5.75 Å². The van der Waals surface area contributed by atoms with Crippen LogP contribution in [0.5, 0.6) is 5.75 Å². The summed E-state index contributed by atoms with van der Waals surface area (Å²) < 4.78 is 10.1. The van der Waals surface area contributed by atoms with Gasteiger partial charge in [0.25, 0.3) is 11.8 Å². The van der Waals surface area contributed by atoms with Crippen molar-refractivity contribution in [3.63, 3.8) is 0 Å². The zero-order chi connectivity index (χ0) is 19.1. The van der Waals surface area contributed by atoms with Crippen LogP contribution in [0.15, 0.2) is 41.5 Å². The minimum atomic E-state index is -0.710. The molecule has 140 valence electrons. The third kappa shape index (κ3) is 2.93. The van der Waals surface area contributed by atoms with Crippen LogP contribution in [0.25, 0.3) is 0 Å². The molecular formula is C20H20N2O5. The number of ether oxygens (including phenoxy) is 2. The van der Waals surface area contributed by atoms with Crippen molar-refractivity contribution in [2.24, 2.45) is 28.8 Å². The van der Waals surface area contributed by atoms with Crippen LogP contribution in [0.2, 0.25) is 0 Å². The van der Waals surface area contributed by atoms with E-state index < -0.39 is 12.1 Å².